The molecular weight excluding hydrogens is 318 g/mol. The molecule has 0 aliphatic rings. The van der Waals surface area contributed by atoms with Gasteiger partial charge in [0.2, 0.25) is 0 Å². The minimum atomic E-state index is 0.529. The van der Waals surface area contributed by atoms with Crippen molar-refractivity contribution in [3.05, 3.63) is 29.3 Å². The van der Waals surface area contributed by atoms with Crippen LogP contribution in [-0.4, -0.2) is 59.6 Å². The molecule has 0 spiro atoms. The Labute approximate surface area is 143 Å². The van der Waals surface area contributed by atoms with Gasteiger partial charge in [0.05, 0.1) is 19.8 Å². The molecule has 0 radical (unpaired) electrons. The van der Waals surface area contributed by atoms with Gasteiger partial charge in [-0.05, 0) is 24.6 Å². The van der Waals surface area contributed by atoms with Crippen molar-refractivity contribution in [3.8, 4) is 5.75 Å². The zero-order chi connectivity index (χ0) is 16.8. The van der Waals surface area contributed by atoms with Crippen molar-refractivity contribution in [2.75, 3.05) is 53.7 Å². The molecule has 0 aromatic heterocycles. The molecule has 0 bridgehead atoms. The number of benzene rings is 1. The third-order valence-electron chi connectivity index (χ3n) is 2.87. The van der Waals surface area contributed by atoms with Crippen molar-refractivity contribution in [1.82, 2.24) is 10.6 Å². The highest BCUT2D eigenvalue weighted by molar-refractivity contribution is 6.30. The van der Waals surface area contributed by atoms with Crippen molar-refractivity contribution in [2.45, 2.75) is 6.42 Å². The van der Waals surface area contributed by atoms with E-state index in [0.29, 0.717) is 38.0 Å². The fourth-order valence-corrected chi connectivity index (χ4v) is 1.92. The van der Waals surface area contributed by atoms with Crippen molar-refractivity contribution in [1.29, 1.82) is 0 Å². The first-order chi connectivity index (χ1) is 11.3. The van der Waals surface area contributed by atoms with Crippen LogP contribution < -0.4 is 15.4 Å². The number of nitrogens with zero attached hydrogens (tertiary/aromatic N) is 1. The third-order valence-corrected chi connectivity index (χ3v) is 3.11. The number of guanidine groups is 1. The van der Waals surface area contributed by atoms with E-state index in [1.807, 2.05) is 18.2 Å². The van der Waals surface area contributed by atoms with Crippen molar-refractivity contribution >= 4 is 17.6 Å². The number of hydrogen-bond acceptors (Lipinski definition) is 4. The maximum atomic E-state index is 5.90. The summed E-state index contributed by atoms with van der Waals surface area (Å²) in [6.45, 7) is 3.93. The summed E-state index contributed by atoms with van der Waals surface area (Å²) in [5.74, 6) is 1.51. The minimum Gasteiger partial charge on any atom is -0.492 e. The lowest BCUT2D eigenvalue weighted by atomic mass is 10.3. The van der Waals surface area contributed by atoms with E-state index < -0.39 is 0 Å². The number of aliphatic imine (C=N–C) groups is 1. The summed E-state index contributed by atoms with van der Waals surface area (Å²) < 4.78 is 15.9. The van der Waals surface area contributed by atoms with Crippen molar-refractivity contribution < 1.29 is 14.2 Å². The van der Waals surface area contributed by atoms with Gasteiger partial charge in [-0.2, -0.15) is 0 Å². The summed E-state index contributed by atoms with van der Waals surface area (Å²) in [5.41, 5.74) is 0. The summed E-state index contributed by atoms with van der Waals surface area (Å²) >= 11 is 5.90. The van der Waals surface area contributed by atoms with Crippen LogP contribution in [0.15, 0.2) is 29.3 Å². The van der Waals surface area contributed by atoms with Crippen LogP contribution in [0.25, 0.3) is 0 Å². The van der Waals surface area contributed by atoms with Crippen LogP contribution in [0, 0.1) is 0 Å². The van der Waals surface area contributed by atoms with Gasteiger partial charge in [-0.15, -0.1) is 0 Å². The number of ether oxygens (including phenoxy) is 3. The fraction of sp³-hybridized carbons (Fsp3) is 0.562. The minimum absolute atomic E-state index is 0.529. The second kappa shape index (κ2) is 13.0. The van der Waals surface area contributed by atoms with Gasteiger partial charge in [0.1, 0.15) is 12.4 Å². The smallest absolute Gasteiger partial charge is 0.191 e. The Morgan fingerprint density at radius 2 is 1.96 bits per heavy atom. The van der Waals surface area contributed by atoms with E-state index in [0.717, 1.165) is 24.7 Å². The molecule has 23 heavy (non-hydrogen) atoms. The van der Waals surface area contributed by atoms with Gasteiger partial charge < -0.3 is 24.8 Å². The summed E-state index contributed by atoms with van der Waals surface area (Å²) in [4.78, 5) is 4.15. The van der Waals surface area contributed by atoms with Gasteiger partial charge in [0.25, 0.3) is 0 Å². The van der Waals surface area contributed by atoms with E-state index in [1.54, 1.807) is 20.2 Å². The van der Waals surface area contributed by atoms with Crippen LogP contribution in [0.5, 0.6) is 5.75 Å². The Bertz CT molecular complexity index is 458. The largest absolute Gasteiger partial charge is 0.492 e. The molecule has 0 aliphatic carbocycles. The molecule has 6 nitrogen and oxygen atoms in total. The lowest BCUT2D eigenvalue weighted by Crippen LogP contribution is -2.39. The fourth-order valence-electron chi connectivity index (χ4n) is 1.74. The summed E-state index contributed by atoms with van der Waals surface area (Å²) in [5, 5.41) is 7.07. The molecule has 1 aromatic carbocycles. The number of nitrogens with one attached hydrogen (secondary N) is 2. The van der Waals surface area contributed by atoms with Crippen LogP contribution in [-0.2, 0) is 9.47 Å². The summed E-state index contributed by atoms with van der Waals surface area (Å²) in [7, 11) is 3.40. The monoisotopic (exact) mass is 343 g/mol. The first kappa shape index (κ1) is 19.5. The van der Waals surface area contributed by atoms with E-state index in [-0.39, 0.29) is 0 Å². The van der Waals surface area contributed by atoms with Gasteiger partial charge in [-0.1, -0.05) is 17.7 Å². The van der Waals surface area contributed by atoms with Gasteiger partial charge in [-0.25, -0.2) is 0 Å². The number of rotatable bonds is 11. The molecule has 0 heterocycles. The van der Waals surface area contributed by atoms with Crippen LogP contribution in [0.2, 0.25) is 5.02 Å². The summed E-state index contributed by atoms with van der Waals surface area (Å²) in [6.07, 6.45) is 0.906. The maximum absolute atomic E-state index is 5.90. The Morgan fingerprint density at radius 1 is 1.13 bits per heavy atom. The Kier molecular flexibility index (Phi) is 11.0. The molecule has 0 saturated carbocycles. The van der Waals surface area contributed by atoms with E-state index in [4.69, 9.17) is 25.8 Å². The van der Waals surface area contributed by atoms with Crippen LogP contribution in [0.3, 0.4) is 0 Å². The molecule has 2 N–H and O–H groups in total. The summed E-state index contributed by atoms with van der Waals surface area (Å²) in [6, 6.07) is 7.35. The number of halogens is 1. The zero-order valence-electron chi connectivity index (χ0n) is 13.8. The first-order valence-electron chi connectivity index (χ1n) is 7.66. The Hall–Kier alpha value is -1.50. The van der Waals surface area contributed by atoms with E-state index in [2.05, 4.69) is 15.6 Å². The molecule has 0 atom stereocenters. The highest BCUT2D eigenvalue weighted by atomic mass is 35.5. The van der Waals surface area contributed by atoms with Gasteiger partial charge >= 0.3 is 0 Å². The van der Waals surface area contributed by atoms with E-state index >= 15 is 0 Å². The molecule has 130 valence electrons. The molecule has 1 rings (SSSR count). The Balaban J connectivity index is 2.05. The highest BCUT2D eigenvalue weighted by Gasteiger charge is 1.98. The van der Waals surface area contributed by atoms with Crippen molar-refractivity contribution in [3.63, 3.8) is 0 Å². The average molecular weight is 344 g/mol. The number of methoxy groups -OCH3 is 1. The second-order valence-corrected chi connectivity index (χ2v) is 5.13. The molecule has 0 saturated heterocycles. The number of hydrogen-bond donors (Lipinski definition) is 2. The average Bonchev–Trinajstić information content (AvgIpc) is 2.56. The lowest BCUT2D eigenvalue weighted by molar-refractivity contribution is 0.0698. The topological polar surface area (TPSA) is 64.1 Å². The molecule has 0 amide bonds. The standard InChI is InChI=1S/C16H26ClN3O3/c1-18-16(19-7-4-9-22-12-11-21-2)20-8-10-23-15-6-3-5-14(17)13-15/h3,5-6,13H,4,7-12H2,1-2H3,(H2,18,19,20). The predicted octanol–water partition coefficient (Wildman–Crippen LogP) is 1.94. The molecule has 1 aromatic rings. The quantitative estimate of drug-likeness (QED) is 0.365. The Morgan fingerprint density at radius 3 is 2.70 bits per heavy atom. The molecular formula is C16H26ClN3O3. The normalized spacial score (nSPS) is 11.3. The van der Waals surface area contributed by atoms with Gasteiger partial charge in [-0.3, -0.25) is 4.99 Å². The lowest BCUT2D eigenvalue weighted by Gasteiger charge is -2.12. The maximum Gasteiger partial charge on any atom is 0.191 e. The van der Waals surface area contributed by atoms with E-state index in [9.17, 15) is 0 Å². The van der Waals surface area contributed by atoms with Gasteiger partial charge in [0.15, 0.2) is 5.96 Å². The van der Waals surface area contributed by atoms with Crippen LogP contribution in [0.1, 0.15) is 6.42 Å². The van der Waals surface area contributed by atoms with E-state index in [1.165, 1.54) is 0 Å². The van der Waals surface area contributed by atoms with Crippen LogP contribution >= 0.6 is 11.6 Å². The molecule has 0 fully saturated rings. The van der Waals surface area contributed by atoms with Gasteiger partial charge in [0, 0.05) is 32.3 Å². The first-order valence-corrected chi connectivity index (χ1v) is 8.03. The third kappa shape index (κ3) is 9.99. The second-order valence-electron chi connectivity index (χ2n) is 4.69. The SMILES string of the molecule is CN=C(NCCCOCCOC)NCCOc1cccc(Cl)c1. The molecule has 0 aliphatic heterocycles. The van der Waals surface area contributed by atoms with Crippen molar-refractivity contribution in [2.24, 2.45) is 4.99 Å². The van der Waals surface area contributed by atoms with Crippen LogP contribution in [0.4, 0.5) is 0 Å². The molecule has 0 unspecified atom stereocenters. The zero-order valence-corrected chi connectivity index (χ0v) is 14.6. The molecule has 7 heteroatoms. The predicted molar refractivity (Wildman–Crippen MR) is 93.6 cm³/mol. The highest BCUT2D eigenvalue weighted by Crippen LogP contribution is 2.16.